The van der Waals surface area contributed by atoms with Crippen molar-refractivity contribution in [1.82, 2.24) is 5.32 Å². The zero-order chi connectivity index (χ0) is 20.7. The predicted molar refractivity (Wildman–Crippen MR) is 107 cm³/mol. The molecule has 1 aliphatic heterocycles. The Labute approximate surface area is 164 Å². The summed E-state index contributed by atoms with van der Waals surface area (Å²) in [4.78, 5) is 18.1. The highest BCUT2D eigenvalue weighted by molar-refractivity contribution is 5.80. The van der Waals surface area contributed by atoms with Crippen LogP contribution in [0, 0.1) is 11.6 Å². The van der Waals surface area contributed by atoms with E-state index in [1.54, 1.807) is 27.0 Å². The average molecular weight is 394 g/mol. The quantitative estimate of drug-likeness (QED) is 0.725. The maximum Gasteiger partial charge on any atom is 0.407 e. The summed E-state index contributed by atoms with van der Waals surface area (Å²) in [5.41, 5.74) is 6.17. The van der Waals surface area contributed by atoms with Gasteiger partial charge in [0.1, 0.15) is 17.2 Å². The SMILES string of the molecule is CC(C)(C)OC(=O)NCC(C=NCC1CCCN1c1cc(F)cc(F)c1)=CN. The van der Waals surface area contributed by atoms with Gasteiger partial charge in [0.05, 0.1) is 6.54 Å². The second-order valence-electron chi connectivity index (χ2n) is 7.71. The van der Waals surface area contributed by atoms with Crippen LogP contribution in [-0.2, 0) is 4.74 Å². The van der Waals surface area contributed by atoms with Crippen LogP contribution in [0.4, 0.5) is 19.3 Å². The number of nitrogens with zero attached hydrogens (tertiary/aromatic N) is 2. The molecule has 1 aromatic rings. The van der Waals surface area contributed by atoms with Crippen molar-refractivity contribution in [1.29, 1.82) is 0 Å². The minimum Gasteiger partial charge on any atom is -0.444 e. The Morgan fingerprint density at radius 3 is 2.64 bits per heavy atom. The molecule has 8 heteroatoms. The molecule has 0 bridgehead atoms. The molecule has 1 atom stereocenters. The third-order valence-electron chi connectivity index (χ3n) is 4.18. The molecule has 0 aromatic heterocycles. The lowest BCUT2D eigenvalue weighted by Crippen LogP contribution is -2.34. The Morgan fingerprint density at radius 2 is 2.04 bits per heavy atom. The number of nitrogens with two attached hydrogens (primary N) is 1. The number of aliphatic imine (C=N–C) groups is 1. The summed E-state index contributed by atoms with van der Waals surface area (Å²) in [5, 5.41) is 2.62. The van der Waals surface area contributed by atoms with Gasteiger partial charge in [-0.1, -0.05) is 0 Å². The largest absolute Gasteiger partial charge is 0.444 e. The van der Waals surface area contributed by atoms with Crippen molar-refractivity contribution in [2.45, 2.75) is 45.3 Å². The molecule has 1 saturated heterocycles. The second-order valence-corrected chi connectivity index (χ2v) is 7.71. The van der Waals surface area contributed by atoms with Gasteiger partial charge in [0.2, 0.25) is 0 Å². The van der Waals surface area contributed by atoms with Crippen molar-refractivity contribution >= 4 is 18.0 Å². The molecular formula is C20H28F2N4O2. The van der Waals surface area contributed by atoms with Crippen LogP contribution in [0.2, 0.25) is 0 Å². The molecule has 1 unspecified atom stereocenters. The topological polar surface area (TPSA) is 80.0 Å². The Balaban J connectivity index is 1.90. The Bertz CT molecular complexity index is 724. The molecular weight excluding hydrogens is 366 g/mol. The van der Waals surface area contributed by atoms with Crippen molar-refractivity contribution in [2.75, 3.05) is 24.5 Å². The zero-order valence-corrected chi connectivity index (χ0v) is 16.5. The van der Waals surface area contributed by atoms with E-state index >= 15 is 0 Å². The maximum atomic E-state index is 13.5. The van der Waals surface area contributed by atoms with Crippen molar-refractivity contribution in [3.05, 3.63) is 41.6 Å². The van der Waals surface area contributed by atoms with Crippen LogP contribution >= 0.6 is 0 Å². The molecule has 2 rings (SSSR count). The first-order chi connectivity index (χ1) is 13.2. The number of rotatable bonds is 6. The first-order valence-electron chi connectivity index (χ1n) is 9.28. The highest BCUT2D eigenvalue weighted by Gasteiger charge is 2.25. The highest BCUT2D eigenvalue weighted by Crippen LogP contribution is 2.27. The van der Waals surface area contributed by atoms with Gasteiger partial charge in [-0.05, 0) is 45.7 Å². The smallest absolute Gasteiger partial charge is 0.407 e. The molecule has 154 valence electrons. The van der Waals surface area contributed by atoms with Gasteiger partial charge in [0.25, 0.3) is 0 Å². The first kappa shape index (κ1) is 21.7. The van der Waals surface area contributed by atoms with Crippen LogP contribution in [0.5, 0.6) is 0 Å². The summed E-state index contributed by atoms with van der Waals surface area (Å²) in [6, 6.07) is 3.58. The lowest BCUT2D eigenvalue weighted by molar-refractivity contribution is 0.0533. The number of carbonyl (C=O) groups excluding carboxylic acids is 1. The number of ether oxygens (including phenoxy) is 1. The minimum absolute atomic E-state index is 0.0512. The Kier molecular flexibility index (Phi) is 7.37. The van der Waals surface area contributed by atoms with Crippen LogP contribution < -0.4 is 16.0 Å². The molecule has 0 saturated carbocycles. The number of hydrogen-bond donors (Lipinski definition) is 2. The fourth-order valence-corrected chi connectivity index (χ4v) is 3.00. The fourth-order valence-electron chi connectivity index (χ4n) is 3.00. The summed E-state index contributed by atoms with van der Waals surface area (Å²) >= 11 is 0. The summed E-state index contributed by atoms with van der Waals surface area (Å²) in [7, 11) is 0. The van der Waals surface area contributed by atoms with Crippen LogP contribution in [0.25, 0.3) is 0 Å². The average Bonchev–Trinajstić information content (AvgIpc) is 3.04. The van der Waals surface area contributed by atoms with Gasteiger partial charge in [0, 0.05) is 48.9 Å². The van der Waals surface area contributed by atoms with Gasteiger partial charge >= 0.3 is 6.09 Å². The summed E-state index contributed by atoms with van der Waals surface area (Å²) in [6.45, 7) is 6.73. The van der Waals surface area contributed by atoms with E-state index in [0.29, 0.717) is 17.8 Å². The number of anilines is 1. The molecule has 3 N–H and O–H groups in total. The van der Waals surface area contributed by atoms with Gasteiger partial charge in [-0.15, -0.1) is 0 Å². The third-order valence-corrected chi connectivity index (χ3v) is 4.18. The second kappa shape index (κ2) is 9.52. The number of benzene rings is 1. The fraction of sp³-hybridized carbons (Fsp3) is 0.500. The van der Waals surface area contributed by atoms with Crippen molar-refractivity contribution in [3.8, 4) is 0 Å². The molecule has 1 aromatic carbocycles. The Morgan fingerprint density at radius 1 is 1.36 bits per heavy atom. The van der Waals surface area contributed by atoms with E-state index in [-0.39, 0.29) is 12.6 Å². The van der Waals surface area contributed by atoms with Crippen LogP contribution in [0.1, 0.15) is 33.6 Å². The van der Waals surface area contributed by atoms with Gasteiger partial charge in [0.15, 0.2) is 0 Å². The van der Waals surface area contributed by atoms with E-state index in [2.05, 4.69) is 10.3 Å². The lowest BCUT2D eigenvalue weighted by atomic mass is 10.2. The van der Waals surface area contributed by atoms with Crippen LogP contribution in [-0.4, -0.2) is 43.6 Å². The predicted octanol–water partition coefficient (Wildman–Crippen LogP) is 3.37. The van der Waals surface area contributed by atoms with Gasteiger partial charge in [-0.25, -0.2) is 13.6 Å². The van der Waals surface area contributed by atoms with E-state index in [4.69, 9.17) is 10.5 Å². The molecule has 0 aliphatic carbocycles. The summed E-state index contributed by atoms with van der Waals surface area (Å²) in [6.07, 6.45) is 4.25. The summed E-state index contributed by atoms with van der Waals surface area (Å²) < 4.78 is 32.2. The monoisotopic (exact) mass is 394 g/mol. The normalized spacial score (nSPS) is 18.0. The van der Waals surface area contributed by atoms with E-state index in [9.17, 15) is 13.6 Å². The maximum absolute atomic E-state index is 13.5. The number of nitrogens with one attached hydrogen (secondary N) is 1. The lowest BCUT2D eigenvalue weighted by Gasteiger charge is -2.25. The molecule has 1 aliphatic rings. The highest BCUT2D eigenvalue weighted by atomic mass is 19.1. The minimum atomic E-state index is -0.592. The van der Waals surface area contributed by atoms with E-state index in [1.807, 2.05) is 4.90 Å². The van der Waals surface area contributed by atoms with E-state index in [1.165, 1.54) is 18.3 Å². The van der Waals surface area contributed by atoms with Crippen LogP contribution in [0.15, 0.2) is 35.0 Å². The van der Waals surface area contributed by atoms with Gasteiger partial charge < -0.3 is 20.7 Å². The number of alkyl carbamates (subject to hydrolysis) is 1. The third kappa shape index (κ3) is 6.83. The number of hydrogen-bond acceptors (Lipinski definition) is 5. The number of carbonyl (C=O) groups is 1. The molecule has 1 heterocycles. The zero-order valence-electron chi connectivity index (χ0n) is 16.5. The van der Waals surface area contributed by atoms with E-state index in [0.717, 1.165) is 25.5 Å². The molecule has 1 fully saturated rings. The molecule has 28 heavy (non-hydrogen) atoms. The molecule has 6 nitrogen and oxygen atoms in total. The first-order valence-corrected chi connectivity index (χ1v) is 9.28. The molecule has 0 radical (unpaired) electrons. The van der Waals surface area contributed by atoms with Crippen molar-refractivity contribution in [2.24, 2.45) is 10.7 Å². The number of halogens is 2. The van der Waals surface area contributed by atoms with Gasteiger partial charge in [-0.3, -0.25) is 4.99 Å². The standard InChI is InChI=1S/C20H28F2N4O2/c1-20(2,3)28-19(27)25-12-14(10-23)11-24-13-17-5-4-6-26(17)18-8-15(21)7-16(22)9-18/h7-11,17H,4-6,12-13,23H2,1-3H3,(H,25,27). The Hall–Kier alpha value is -2.64. The van der Waals surface area contributed by atoms with Crippen molar-refractivity contribution in [3.63, 3.8) is 0 Å². The van der Waals surface area contributed by atoms with Crippen LogP contribution in [0.3, 0.4) is 0 Å². The van der Waals surface area contributed by atoms with Gasteiger partial charge in [-0.2, -0.15) is 0 Å². The molecule has 0 spiro atoms. The van der Waals surface area contributed by atoms with E-state index < -0.39 is 23.3 Å². The summed E-state index contributed by atoms with van der Waals surface area (Å²) in [5.74, 6) is -1.18. The number of amides is 1. The molecule has 1 amide bonds. The van der Waals surface area contributed by atoms with Crippen molar-refractivity contribution < 1.29 is 18.3 Å².